The van der Waals surface area contributed by atoms with Gasteiger partial charge in [0.05, 0.1) is 14.2 Å². The number of aliphatic carboxylic acids is 1. The molecule has 1 N–H and O–H groups in total. The Morgan fingerprint density at radius 2 is 2.19 bits per heavy atom. The number of carboxylic acid groups (broad SMARTS) is 1. The second kappa shape index (κ2) is 5.81. The van der Waals surface area contributed by atoms with Crippen LogP contribution in [-0.4, -0.2) is 36.9 Å². The predicted octanol–water partition coefficient (Wildman–Crippen LogP) is 3.29. The zero-order chi connectivity index (χ0) is 16.0. The minimum atomic E-state index is -3.70. The van der Waals surface area contributed by atoms with Gasteiger partial charge in [0.1, 0.15) is 4.21 Å². The molecule has 0 amide bonds. The van der Waals surface area contributed by atoms with Crippen LogP contribution in [-0.2, 0) is 14.8 Å². The summed E-state index contributed by atoms with van der Waals surface area (Å²) in [6.07, 6.45) is 0.319. The monoisotopic (exact) mass is 415 g/mol. The molecule has 2 heterocycles. The van der Waals surface area contributed by atoms with Gasteiger partial charge >= 0.3 is 5.97 Å². The maximum Gasteiger partial charge on any atom is 0.311 e. The molecule has 0 aliphatic carbocycles. The molecule has 1 atom stereocenters. The highest BCUT2D eigenvalue weighted by Crippen LogP contribution is 2.42. The molecule has 1 aliphatic rings. The van der Waals surface area contributed by atoms with E-state index < -0.39 is 21.4 Å². The van der Waals surface area contributed by atoms with Gasteiger partial charge in [-0.15, -0.1) is 11.3 Å². The molecule has 1 aliphatic heterocycles. The lowest BCUT2D eigenvalue weighted by Crippen LogP contribution is -2.40. The van der Waals surface area contributed by atoms with E-state index in [-0.39, 0.29) is 23.2 Å². The number of sulfonamides is 1. The quantitative estimate of drug-likeness (QED) is 0.817. The van der Waals surface area contributed by atoms with Crippen molar-refractivity contribution in [3.05, 3.63) is 14.9 Å². The number of halogens is 2. The highest BCUT2D eigenvalue weighted by atomic mass is 79.9. The van der Waals surface area contributed by atoms with E-state index in [4.69, 9.17) is 11.6 Å². The van der Waals surface area contributed by atoms with Crippen LogP contribution in [0, 0.1) is 11.3 Å². The minimum Gasteiger partial charge on any atom is -0.481 e. The van der Waals surface area contributed by atoms with Gasteiger partial charge in [-0.05, 0) is 34.3 Å². The van der Waals surface area contributed by atoms with E-state index in [0.29, 0.717) is 15.2 Å². The average molecular weight is 417 g/mol. The van der Waals surface area contributed by atoms with Crippen LogP contribution >= 0.6 is 38.9 Å². The number of rotatable bonds is 4. The molecule has 2 rings (SSSR count). The van der Waals surface area contributed by atoms with Crippen molar-refractivity contribution in [2.75, 3.05) is 13.1 Å². The number of thiophene rings is 1. The molecule has 0 saturated carbocycles. The van der Waals surface area contributed by atoms with E-state index >= 15 is 0 Å². The summed E-state index contributed by atoms with van der Waals surface area (Å²) < 4.78 is 27.1. The van der Waals surface area contributed by atoms with Gasteiger partial charge in [0.2, 0.25) is 0 Å². The van der Waals surface area contributed by atoms with E-state index in [1.54, 1.807) is 0 Å². The van der Waals surface area contributed by atoms with Gasteiger partial charge in [-0.2, -0.15) is 4.31 Å². The molecule has 5 nitrogen and oxygen atoms in total. The number of carboxylic acids is 1. The molecule has 0 radical (unpaired) electrons. The number of hydrogen-bond donors (Lipinski definition) is 1. The van der Waals surface area contributed by atoms with Gasteiger partial charge in [0, 0.05) is 13.1 Å². The normalized spacial score (nSPS) is 23.9. The van der Waals surface area contributed by atoms with Crippen molar-refractivity contribution in [1.82, 2.24) is 4.31 Å². The Kier molecular flexibility index (Phi) is 4.76. The summed E-state index contributed by atoms with van der Waals surface area (Å²) in [4.78, 5) is 11.6. The molecular weight excluding hydrogens is 402 g/mol. The molecule has 0 bridgehead atoms. The van der Waals surface area contributed by atoms with Gasteiger partial charge < -0.3 is 5.11 Å². The Balaban J connectivity index is 2.34. The third kappa shape index (κ3) is 2.88. The Morgan fingerprint density at radius 1 is 1.57 bits per heavy atom. The molecule has 0 spiro atoms. The molecule has 9 heteroatoms. The van der Waals surface area contributed by atoms with Crippen LogP contribution in [0.2, 0.25) is 5.02 Å². The maximum atomic E-state index is 12.6. The summed E-state index contributed by atoms with van der Waals surface area (Å²) in [7, 11) is -3.70. The first-order chi connectivity index (χ1) is 9.61. The van der Waals surface area contributed by atoms with Crippen LogP contribution in [0.15, 0.2) is 14.1 Å². The molecule has 1 fully saturated rings. The largest absolute Gasteiger partial charge is 0.481 e. The third-order valence-corrected chi connectivity index (χ3v) is 8.78. The smallest absolute Gasteiger partial charge is 0.311 e. The molecule has 1 saturated heterocycles. The van der Waals surface area contributed by atoms with Crippen LogP contribution in [0.4, 0.5) is 0 Å². The molecular formula is C12H15BrClNO4S2. The van der Waals surface area contributed by atoms with E-state index in [1.165, 1.54) is 10.4 Å². The van der Waals surface area contributed by atoms with Crippen LogP contribution in [0.1, 0.15) is 20.3 Å². The Morgan fingerprint density at radius 3 is 2.57 bits per heavy atom. The Hall–Kier alpha value is -0.150. The van der Waals surface area contributed by atoms with E-state index in [1.807, 2.05) is 13.8 Å². The van der Waals surface area contributed by atoms with E-state index in [2.05, 4.69) is 15.9 Å². The van der Waals surface area contributed by atoms with E-state index in [0.717, 1.165) is 11.3 Å². The standard InChI is InChI=1S/C12H15BrClNO4S2/c1-7(2)12(11(16)17)3-4-15(6-12)21(18,19)9-5-8(14)10(13)20-9/h5,7H,3-4,6H2,1-2H3,(H,16,17). The summed E-state index contributed by atoms with van der Waals surface area (Å²) in [5.41, 5.74) is -1.02. The lowest BCUT2D eigenvalue weighted by Gasteiger charge is -2.28. The van der Waals surface area contributed by atoms with Gasteiger partial charge in [-0.1, -0.05) is 25.4 Å². The van der Waals surface area contributed by atoms with Crippen molar-refractivity contribution in [2.45, 2.75) is 24.5 Å². The summed E-state index contributed by atoms with van der Waals surface area (Å²) in [6, 6.07) is 1.39. The van der Waals surface area contributed by atoms with Crippen LogP contribution in [0.3, 0.4) is 0 Å². The third-order valence-electron chi connectivity index (χ3n) is 4.01. The van der Waals surface area contributed by atoms with Crippen molar-refractivity contribution in [3.8, 4) is 0 Å². The highest BCUT2D eigenvalue weighted by molar-refractivity contribution is 9.11. The zero-order valence-electron chi connectivity index (χ0n) is 11.5. The van der Waals surface area contributed by atoms with Crippen LogP contribution in [0.5, 0.6) is 0 Å². The zero-order valence-corrected chi connectivity index (χ0v) is 15.4. The summed E-state index contributed by atoms with van der Waals surface area (Å²) in [6.45, 7) is 3.82. The Bertz CT molecular complexity index is 653. The van der Waals surface area contributed by atoms with E-state index in [9.17, 15) is 18.3 Å². The predicted molar refractivity (Wildman–Crippen MR) is 85.3 cm³/mol. The number of carbonyl (C=O) groups is 1. The summed E-state index contributed by atoms with van der Waals surface area (Å²) >= 11 is 10.1. The lowest BCUT2D eigenvalue weighted by molar-refractivity contribution is -0.150. The number of nitrogens with zero attached hydrogens (tertiary/aromatic N) is 1. The van der Waals surface area contributed by atoms with Gasteiger partial charge in [0.25, 0.3) is 10.0 Å². The van der Waals surface area contributed by atoms with Crippen molar-refractivity contribution >= 4 is 54.9 Å². The Labute approximate surface area is 141 Å². The maximum absolute atomic E-state index is 12.6. The van der Waals surface area contributed by atoms with Crippen LogP contribution < -0.4 is 0 Å². The van der Waals surface area contributed by atoms with Gasteiger partial charge in [0.15, 0.2) is 0 Å². The molecule has 1 aromatic rings. The second-order valence-electron chi connectivity index (χ2n) is 5.39. The first-order valence-corrected chi connectivity index (χ1v) is 9.72. The minimum absolute atomic E-state index is 0.00449. The second-order valence-corrected chi connectivity index (χ2v) is 10.3. The fourth-order valence-electron chi connectivity index (χ4n) is 2.48. The highest BCUT2D eigenvalue weighted by Gasteiger charge is 2.50. The fourth-order valence-corrected chi connectivity index (χ4v) is 6.54. The number of hydrogen-bond acceptors (Lipinski definition) is 4. The van der Waals surface area contributed by atoms with Crippen molar-refractivity contribution in [1.29, 1.82) is 0 Å². The lowest BCUT2D eigenvalue weighted by atomic mass is 9.77. The van der Waals surface area contributed by atoms with Crippen molar-refractivity contribution in [3.63, 3.8) is 0 Å². The van der Waals surface area contributed by atoms with Crippen molar-refractivity contribution in [2.24, 2.45) is 11.3 Å². The van der Waals surface area contributed by atoms with Gasteiger partial charge in [-0.3, -0.25) is 4.79 Å². The summed E-state index contributed by atoms with van der Waals surface area (Å²) in [5, 5.41) is 9.83. The van der Waals surface area contributed by atoms with Gasteiger partial charge in [-0.25, -0.2) is 8.42 Å². The molecule has 1 aromatic heterocycles. The van der Waals surface area contributed by atoms with Crippen LogP contribution in [0.25, 0.3) is 0 Å². The first kappa shape index (κ1) is 17.2. The summed E-state index contributed by atoms with van der Waals surface area (Å²) in [5.74, 6) is -1.09. The first-order valence-electron chi connectivity index (χ1n) is 6.29. The fraction of sp³-hybridized carbons (Fsp3) is 0.583. The molecule has 118 valence electrons. The topological polar surface area (TPSA) is 74.7 Å². The SMILES string of the molecule is CC(C)C1(C(=O)O)CCN(S(=O)(=O)c2cc(Cl)c(Br)s2)C1. The molecule has 1 unspecified atom stereocenters. The molecule has 21 heavy (non-hydrogen) atoms. The van der Waals surface area contributed by atoms with Crippen molar-refractivity contribution < 1.29 is 18.3 Å². The molecule has 0 aromatic carbocycles. The average Bonchev–Trinajstić information content (AvgIpc) is 2.96.